The highest BCUT2D eigenvalue weighted by Gasteiger charge is 2.22. The minimum Gasteiger partial charge on any atom is -0.465 e. The van der Waals surface area contributed by atoms with Crippen LogP contribution in [0.4, 0.5) is 5.69 Å². The molecule has 0 saturated heterocycles. The van der Waals surface area contributed by atoms with Crippen LogP contribution in [-0.4, -0.2) is 39.5 Å². The van der Waals surface area contributed by atoms with Gasteiger partial charge in [-0.15, -0.1) is 0 Å². The van der Waals surface area contributed by atoms with Gasteiger partial charge in [-0.2, -0.15) is 11.8 Å². The number of thioether (sulfide) groups is 1. The highest BCUT2D eigenvalue weighted by Crippen LogP contribution is 2.21. The maximum absolute atomic E-state index is 12.3. The van der Waals surface area contributed by atoms with Gasteiger partial charge in [0.25, 0.3) is 0 Å². The van der Waals surface area contributed by atoms with Gasteiger partial charge in [-0.25, -0.2) is 17.9 Å². The quantitative estimate of drug-likeness (QED) is 0.579. The molecule has 0 radical (unpaired) electrons. The van der Waals surface area contributed by atoms with Gasteiger partial charge >= 0.3 is 5.97 Å². The molecule has 1 aromatic rings. The van der Waals surface area contributed by atoms with E-state index in [1.807, 2.05) is 13.2 Å². The molecule has 118 valence electrons. The lowest BCUT2D eigenvalue weighted by Crippen LogP contribution is -2.36. The minimum absolute atomic E-state index is 0.0180. The summed E-state index contributed by atoms with van der Waals surface area (Å²) in [4.78, 5) is 11.4. The third kappa shape index (κ3) is 4.62. The average molecular weight is 332 g/mol. The van der Waals surface area contributed by atoms with E-state index in [1.165, 1.54) is 25.3 Å². The molecule has 0 aromatic heterocycles. The Morgan fingerprint density at radius 1 is 1.48 bits per heavy atom. The number of methoxy groups -OCH3 is 1. The Morgan fingerprint density at radius 3 is 2.62 bits per heavy atom. The second-order valence-electron chi connectivity index (χ2n) is 4.43. The van der Waals surface area contributed by atoms with E-state index in [0.29, 0.717) is 12.2 Å². The van der Waals surface area contributed by atoms with Crippen LogP contribution in [0.5, 0.6) is 0 Å². The zero-order valence-electron chi connectivity index (χ0n) is 12.3. The Kier molecular flexibility index (Phi) is 6.50. The molecule has 0 heterocycles. The predicted molar refractivity (Wildman–Crippen MR) is 85.0 cm³/mol. The second-order valence-corrected chi connectivity index (χ2v) is 7.02. The largest absolute Gasteiger partial charge is 0.465 e. The Bertz CT molecular complexity index is 602. The molecular formula is C13H20N2O4S2. The number of carbonyl (C=O) groups excluding carboxylic acids is 1. The summed E-state index contributed by atoms with van der Waals surface area (Å²) in [6.45, 7) is 1.91. The highest BCUT2D eigenvalue weighted by molar-refractivity contribution is 7.98. The van der Waals surface area contributed by atoms with Gasteiger partial charge in [0.05, 0.1) is 18.4 Å². The molecule has 0 fully saturated rings. The number of nitrogens with two attached hydrogens (primary N) is 1. The van der Waals surface area contributed by atoms with Crippen LogP contribution in [0.25, 0.3) is 0 Å². The van der Waals surface area contributed by atoms with Crippen molar-refractivity contribution in [1.82, 2.24) is 4.72 Å². The van der Waals surface area contributed by atoms with Crippen molar-refractivity contribution in [3.63, 3.8) is 0 Å². The zero-order chi connectivity index (χ0) is 16.0. The molecule has 0 aliphatic heterocycles. The van der Waals surface area contributed by atoms with E-state index in [0.717, 1.165) is 0 Å². The average Bonchev–Trinajstić information content (AvgIpc) is 2.45. The summed E-state index contributed by atoms with van der Waals surface area (Å²) in [5.74, 6) is 0.114. The fourth-order valence-corrected chi connectivity index (χ4v) is 4.02. The molecule has 1 atom stereocenters. The smallest absolute Gasteiger partial charge is 0.337 e. The third-order valence-electron chi connectivity index (χ3n) is 2.90. The van der Waals surface area contributed by atoms with Crippen molar-refractivity contribution < 1.29 is 17.9 Å². The number of carbonyl (C=O) groups is 1. The summed E-state index contributed by atoms with van der Waals surface area (Å²) in [7, 11) is -2.47. The molecule has 6 nitrogen and oxygen atoms in total. The molecule has 21 heavy (non-hydrogen) atoms. The molecular weight excluding hydrogens is 312 g/mol. The van der Waals surface area contributed by atoms with E-state index in [9.17, 15) is 13.2 Å². The zero-order valence-corrected chi connectivity index (χ0v) is 13.9. The summed E-state index contributed by atoms with van der Waals surface area (Å²) in [6.07, 6.45) is 2.59. The SMILES string of the molecule is CCC(CSC)NS(=O)(=O)c1ccc(C(=O)OC)cc1N. The summed E-state index contributed by atoms with van der Waals surface area (Å²) < 4.78 is 31.8. The van der Waals surface area contributed by atoms with E-state index in [1.54, 1.807) is 11.8 Å². The summed E-state index contributed by atoms with van der Waals surface area (Å²) in [5.41, 5.74) is 5.99. The lowest BCUT2D eigenvalue weighted by molar-refractivity contribution is 0.0600. The number of anilines is 1. The number of esters is 1. The Balaban J connectivity index is 3.06. The summed E-state index contributed by atoms with van der Waals surface area (Å²) in [6, 6.07) is 3.84. The van der Waals surface area contributed by atoms with E-state index in [-0.39, 0.29) is 22.2 Å². The standard InChI is InChI=1S/C13H20N2O4S2/c1-4-10(8-20-3)15-21(17,18)12-6-5-9(7-11(12)14)13(16)19-2/h5-7,10,15H,4,8,14H2,1-3H3. The first kappa shape index (κ1) is 17.8. The van der Waals surface area contributed by atoms with E-state index in [2.05, 4.69) is 9.46 Å². The van der Waals surface area contributed by atoms with Crippen LogP contribution in [0.3, 0.4) is 0 Å². The Hall–Kier alpha value is -1.25. The van der Waals surface area contributed by atoms with Crippen molar-refractivity contribution in [1.29, 1.82) is 0 Å². The molecule has 0 aliphatic carbocycles. The van der Waals surface area contributed by atoms with E-state index >= 15 is 0 Å². The number of nitrogens with one attached hydrogen (secondary N) is 1. The van der Waals surface area contributed by atoms with Crippen molar-refractivity contribution in [2.75, 3.05) is 24.9 Å². The lowest BCUT2D eigenvalue weighted by Gasteiger charge is -2.17. The first-order chi connectivity index (χ1) is 9.85. The lowest BCUT2D eigenvalue weighted by atomic mass is 10.2. The van der Waals surface area contributed by atoms with Gasteiger partial charge in [-0.1, -0.05) is 6.92 Å². The van der Waals surface area contributed by atoms with Crippen molar-refractivity contribution >= 4 is 33.4 Å². The van der Waals surface area contributed by atoms with Gasteiger partial charge in [0.1, 0.15) is 4.90 Å². The predicted octanol–water partition coefficient (Wildman–Crippen LogP) is 1.48. The number of nitrogen functional groups attached to an aromatic ring is 1. The maximum atomic E-state index is 12.3. The number of sulfonamides is 1. The normalized spacial score (nSPS) is 12.9. The van der Waals surface area contributed by atoms with Crippen molar-refractivity contribution in [3.05, 3.63) is 23.8 Å². The molecule has 0 spiro atoms. The molecule has 1 rings (SSSR count). The van der Waals surface area contributed by atoms with Gasteiger partial charge in [-0.3, -0.25) is 0 Å². The molecule has 3 N–H and O–H groups in total. The Morgan fingerprint density at radius 2 is 2.14 bits per heavy atom. The monoisotopic (exact) mass is 332 g/mol. The number of benzene rings is 1. The number of ether oxygens (including phenoxy) is 1. The molecule has 1 aromatic carbocycles. The van der Waals surface area contributed by atoms with Gasteiger partial charge in [0.15, 0.2) is 0 Å². The molecule has 0 saturated carbocycles. The molecule has 0 amide bonds. The topological polar surface area (TPSA) is 98.5 Å². The maximum Gasteiger partial charge on any atom is 0.337 e. The fourth-order valence-electron chi connectivity index (χ4n) is 1.76. The van der Waals surface area contributed by atoms with Gasteiger partial charge in [0.2, 0.25) is 10.0 Å². The van der Waals surface area contributed by atoms with Gasteiger partial charge in [0, 0.05) is 11.8 Å². The highest BCUT2D eigenvalue weighted by atomic mass is 32.2. The van der Waals surface area contributed by atoms with Gasteiger partial charge < -0.3 is 10.5 Å². The van der Waals surface area contributed by atoms with E-state index in [4.69, 9.17) is 5.73 Å². The number of rotatable bonds is 7. The van der Waals surface area contributed by atoms with Crippen molar-refractivity contribution in [3.8, 4) is 0 Å². The third-order valence-corrected chi connectivity index (χ3v) is 5.23. The molecule has 0 aliphatic rings. The molecule has 8 heteroatoms. The fraction of sp³-hybridized carbons (Fsp3) is 0.462. The minimum atomic E-state index is -3.71. The number of hydrogen-bond acceptors (Lipinski definition) is 6. The number of hydrogen-bond donors (Lipinski definition) is 2. The van der Waals surface area contributed by atoms with Crippen LogP contribution in [0.1, 0.15) is 23.7 Å². The Labute approximate surface area is 129 Å². The second kappa shape index (κ2) is 7.67. The first-order valence-corrected chi connectivity index (χ1v) is 9.22. The van der Waals surface area contributed by atoms with Crippen molar-refractivity contribution in [2.45, 2.75) is 24.3 Å². The van der Waals surface area contributed by atoms with Crippen LogP contribution >= 0.6 is 11.8 Å². The summed E-state index contributed by atoms with van der Waals surface area (Å²) >= 11 is 1.56. The summed E-state index contributed by atoms with van der Waals surface area (Å²) in [5, 5.41) is 0. The van der Waals surface area contributed by atoms with Crippen LogP contribution in [-0.2, 0) is 14.8 Å². The molecule has 1 unspecified atom stereocenters. The van der Waals surface area contributed by atoms with Crippen LogP contribution in [0.15, 0.2) is 23.1 Å². The van der Waals surface area contributed by atoms with Crippen LogP contribution < -0.4 is 10.5 Å². The van der Waals surface area contributed by atoms with E-state index < -0.39 is 16.0 Å². The molecule has 0 bridgehead atoms. The van der Waals surface area contributed by atoms with Crippen LogP contribution in [0.2, 0.25) is 0 Å². The van der Waals surface area contributed by atoms with Crippen LogP contribution in [0, 0.1) is 0 Å². The van der Waals surface area contributed by atoms with Crippen molar-refractivity contribution in [2.24, 2.45) is 0 Å². The first-order valence-electron chi connectivity index (χ1n) is 6.34. The van der Waals surface area contributed by atoms with Gasteiger partial charge in [-0.05, 0) is 30.9 Å².